The van der Waals surface area contributed by atoms with E-state index in [4.69, 9.17) is 9.47 Å². The SMILES string of the molecule is C(CC1CC1)NCC1CCOCO1. The first kappa shape index (κ1) is 9.44. The minimum absolute atomic E-state index is 0.382. The fraction of sp³-hybridized carbons (Fsp3) is 1.00. The number of nitrogens with one attached hydrogen (secondary N) is 1. The smallest absolute Gasteiger partial charge is 0.147 e. The van der Waals surface area contributed by atoms with Crippen LogP contribution in [0, 0.1) is 5.92 Å². The molecule has 0 radical (unpaired) electrons. The molecule has 1 aliphatic carbocycles. The molecule has 3 nitrogen and oxygen atoms in total. The van der Waals surface area contributed by atoms with E-state index in [1.54, 1.807) is 0 Å². The van der Waals surface area contributed by atoms with E-state index in [2.05, 4.69) is 5.32 Å². The van der Waals surface area contributed by atoms with Gasteiger partial charge < -0.3 is 14.8 Å². The summed E-state index contributed by atoms with van der Waals surface area (Å²) in [4.78, 5) is 0. The van der Waals surface area contributed by atoms with Gasteiger partial charge in [-0.1, -0.05) is 12.8 Å². The van der Waals surface area contributed by atoms with Crippen molar-refractivity contribution in [3.05, 3.63) is 0 Å². The van der Waals surface area contributed by atoms with Crippen molar-refractivity contribution < 1.29 is 9.47 Å². The first-order valence-electron chi connectivity index (χ1n) is 5.35. The monoisotopic (exact) mass is 185 g/mol. The lowest BCUT2D eigenvalue weighted by Crippen LogP contribution is -2.34. The third-order valence-corrected chi connectivity index (χ3v) is 2.77. The third kappa shape index (κ3) is 3.63. The van der Waals surface area contributed by atoms with Gasteiger partial charge in [0.25, 0.3) is 0 Å². The zero-order valence-corrected chi connectivity index (χ0v) is 8.13. The summed E-state index contributed by atoms with van der Waals surface area (Å²) in [5.74, 6) is 1.03. The summed E-state index contributed by atoms with van der Waals surface area (Å²) in [6.45, 7) is 3.49. The quantitative estimate of drug-likeness (QED) is 0.651. The standard InChI is InChI=1S/C10H19NO2/c1-2-9(1)3-5-11-7-10-4-6-12-8-13-10/h9-11H,1-8H2. The number of ether oxygens (including phenoxy) is 2. The summed E-state index contributed by atoms with van der Waals surface area (Å²) in [6, 6.07) is 0. The first-order valence-corrected chi connectivity index (χ1v) is 5.35. The van der Waals surface area contributed by atoms with Gasteiger partial charge in [0.15, 0.2) is 0 Å². The Morgan fingerprint density at radius 2 is 2.15 bits per heavy atom. The van der Waals surface area contributed by atoms with Crippen molar-refractivity contribution in [2.24, 2.45) is 5.92 Å². The number of rotatable bonds is 5. The molecular weight excluding hydrogens is 166 g/mol. The van der Waals surface area contributed by atoms with Gasteiger partial charge in [0.05, 0.1) is 12.7 Å². The van der Waals surface area contributed by atoms with Gasteiger partial charge in [0.1, 0.15) is 6.79 Å². The Kier molecular flexibility index (Phi) is 3.58. The first-order chi connectivity index (χ1) is 6.45. The molecule has 0 amide bonds. The van der Waals surface area contributed by atoms with Crippen molar-refractivity contribution in [3.63, 3.8) is 0 Å². The molecule has 1 aliphatic heterocycles. The second-order valence-electron chi connectivity index (χ2n) is 4.04. The zero-order chi connectivity index (χ0) is 8.93. The highest BCUT2D eigenvalue weighted by atomic mass is 16.7. The molecule has 2 fully saturated rings. The van der Waals surface area contributed by atoms with Crippen LogP contribution in [0.1, 0.15) is 25.7 Å². The van der Waals surface area contributed by atoms with E-state index in [9.17, 15) is 0 Å². The van der Waals surface area contributed by atoms with Gasteiger partial charge in [-0.25, -0.2) is 0 Å². The van der Waals surface area contributed by atoms with Crippen molar-refractivity contribution in [2.45, 2.75) is 31.8 Å². The molecule has 13 heavy (non-hydrogen) atoms. The second kappa shape index (κ2) is 4.94. The van der Waals surface area contributed by atoms with Crippen LogP contribution in [-0.4, -0.2) is 32.6 Å². The molecule has 1 saturated carbocycles. The minimum atomic E-state index is 0.382. The van der Waals surface area contributed by atoms with Crippen LogP contribution in [0.25, 0.3) is 0 Å². The predicted molar refractivity (Wildman–Crippen MR) is 50.5 cm³/mol. The number of hydrogen-bond acceptors (Lipinski definition) is 3. The molecule has 0 spiro atoms. The van der Waals surface area contributed by atoms with Gasteiger partial charge in [-0.15, -0.1) is 0 Å². The lowest BCUT2D eigenvalue weighted by molar-refractivity contribution is -0.137. The summed E-state index contributed by atoms with van der Waals surface area (Å²) in [5.41, 5.74) is 0. The molecule has 76 valence electrons. The van der Waals surface area contributed by atoms with E-state index in [0.717, 1.165) is 32.0 Å². The van der Waals surface area contributed by atoms with E-state index in [-0.39, 0.29) is 0 Å². The Balaban J connectivity index is 1.46. The summed E-state index contributed by atoms with van der Waals surface area (Å²) >= 11 is 0. The van der Waals surface area contributed by atoms with Crippen LogP contribution >= 0.6 is 0 Å². The van der Waals surface area contributed by atoms with E-state index in [0.29, 0.717) is 12.9 Å². The Morgan fingerprint density at radius 3 is 2.85 bits per heavy atom. The molecule has 1 atom stereocenters. The van der Waals surface area contributed by atoms with E-state index in [1.165, 1.54) is 19.3 Å². The highest BCUT2D eigenvalue weighted by Gasteiger charge is 2.20. The third-order valence-electron chi connectivity index (χ3n) is 2.77. The van der Waals surface area contributed by atoms with Crippen LogP contribution in [0.4, 0.5) is 0 Å². The number of hydrogen-bond donors (Lipinski definition) is 1. The van der Waals surface area contributed by atoms with Crippen LogP contribution in [0.2, 0.25) is 0 Å². The fourth-order valence-corrected chi connectivity index (χ4v) is 1.64. The Morgan fingerprint density at radius 1 is 1.23 bits per heavy atom. The Bertz CT molecular complexity index is 142. The molecule has 1 unspecified atom stereocenters. The van der Waals surface area contributed by atoms with Gasteiger partial charge in [0, 0.05) is 6.54 Å². The van der Waals surface area contributed by atoms with E-state index < -0.39 is 0 Å². The topological polar surface area (TPSA) is 30.5 Å². The maximum atomic E-state index is 5.42. The molecule has 0 aromatic rings. The van der Waals surface area contributed by atoms with Crippen LogP contribution in [0.5, 0.6) is 0 Å². The Labute approximate surface area is 79.8 Å². The summed E-state index contributed by atoms with van der Waals surface area (Å²) in [6.07, 6.45) is 5.68. The minimum Gasteiger partial charge on any atom is -0.355 e. The average Bonchev–Trinajstić information content (AvgIpc) is 2.98. The lowest BCUT2D eigenvalue weighted by Gasteiger charge is -2.22. The normalized spacial score (nSPS) is 29.1. The van der Waals surface area contributed by atoms with Gasteiger partial charge >= 0.3 is 0 Å². The Hall–Kier alpha value is -0.120. The fourth-order valence-electron chi connectivity index (χ4n) is 1.64. The highest BCUT2D eigenvalue weighted by Crippen LogP contribution is 2.31. The average molecular weight is 185 g/mol. The molecule has 0 aromatic carbocycles. The van der Waals surface area contributed by atoms with Crippen LogP contribution in [0.3, 0.4) is 0 Å². The van der Waals surface area contributed by atoms with Crippen molar-refractivity contribution >= 4 is 0 Å². The van der Waals surface area contributed by atoms with Crippen LogP contribution < -0.4 is 5.32 Å². The summed E-state index contributed by atoms with van der Waals surface area (Å²) in [5, 5.41) is 3.45. The maximum Gasteiger partial charge on any atom is 0.147 e. The molecule has 1 saturated heterocycles. The largest absolute Gasteiger partial charge is 0.355 e. The maximum absolute atomic E-state index is 5.42. The zero-order valence-electron chi connectivity index (χ0n) is 8.13. The molecule has 1 N–H and O–H groups in total. The molecule has 0 bridgehead atoms. The van der Waals surface area contributed by atoms with E-state index >= 15 is 0 Å². The van der Waals surface area contributed by atoms with Crippen LogP contribution in [-0.2, 0) is 9.47 Å². The molecular formula is C10H19NO2. The molecule has 0 aromatic heterocycles. The van der Waals surface area contributed by atoms with Crippen LogP contribution in [0.15, 0.2) is 0 Å². The summed E-state index contributed by atoms with van der Waals surface area (Å²) in [7, 11) is 0. The highest BCUT2D eigenvalue weighted by molar-refractivity contribution is 4.74. The van der Waals surface area contributed by atoms with Gasteiger partial charge in [-0.3, -0.25) is 0 Å². The van der Waals surface area contributed by atoms with Crippen molar-refractivity contribution in [2.75, 3.05) is 26.5 Å². The molecule has 2 aliphatic rings. The van der Waals surface area contributed by atoms with Gasteiger partial charge in [-0.05, 0) is 25.3 Å². The van der Waals surface area contributed by atoms with Gasteiger partial charge in [-0.2, -0.15) is 0 Å². The van der Waals surface area contributed by atoms with Crippen molar-refractivity contribution in [3.8, 4) is 0 Å². The van der Waals surface area contributed by atoms with Crippen molar-refractivity contribution in [1.29, 1.82) is 0 Å². The predicted octanol–water partition coefficient (Wildman–Crippen LogP) is 1.14. The lowest BCUT2D eigenvalue weighted by atomic mass is 10.2. The van der Waals surface area contributed by atoms with Crippen molar-refractivity contribution in [1.82, 2.24) is 5.32 Å². The summed E-state index contributed by atoms with van der Waals surface area (Å²) < 4.78 is 10.5. The second-order valence-corrected chi connectivity index (χ2v) is 4.04. The molecule has 2 rings (SSSR count). The molecule has 3 heteroatoms. The molecule has 1 heterocycles. The van der Waals surface area contributed by atoms with E-state index in [1.807, 2.05) is 0 Å². The van der Waals surface area contributed by atoms with Gasteiger partial charge in [0.2, 0.25) is 0 Å².